The molecule has 0 aromatic carbocycles. The van der Waals surface area contributed by atoms with E-state index in [4.69, 9.17) is 16.0 Å². The lowest BCUT2D eigenvalue weighted by atomic mass is 10.1. The van der Waals surface area contributed by atoms with E-state index in [1.165, 1.54) is 6.20 Å². The third-order valence-corrected chi connectivity index (χ3v) is 6.15. The minimum Gasteiger partial charge on any atom is -0.490 e. The first-order chi connectivity index (χ1) is 17.7. The van der Waals surface area contributed by atoms with Crippen LogP contribution in [0.2, 0.25) is 0 Å². The van der Waals surface area contributed by atoms with Crippen LogP contribution in [0.1, 0.15) is 25.3 Å². The molecule has 1 unspecified atom stereocenters. The molecule has 1 fully saturated rings. The van der Waals surface area contributed by atoms with E-state index in [0.29, 0.717) is 37.6 Å². The first-order valence-electron chi connectivity index (χ1n) is 11.7. The highest BCUT2D eigenvalue weighted by molar-refractivity contribution is 5.77. The van der Waals surface area contributed by atoms with Gasteiger partial charge in [-0.3, -0.25) is 14.7 Å². The van der Waals surface area contributed by atoms with Crippen LogP contribution in [0.4, 0.5) is 30.4 Å². The number of rotatable bonds is 7. The summed E-state index contributed by atoms with van der Waals surface area (Å²) in [7, 11) is 0. The molecule has 2 aromatic heterocycles. The van der Waals surface area contributed by atoms with Gasteiger partial charge in [0.1, 0.15) is 0 Å². The average molecular weight is 522 g/mol. The number of amides is 1. The number of carbonyl (C=O) groups is 1. The van der Waals surface area contributed by atoms with Crippen LogP contribution in [-0.4, -0.2) is 77.5 Å². The first-order valence-corrected chi connectivity index (χ1v) is 11.7. The molecule has 0 saturated carbocycles. The molecular formula is C23H26F3N7O4. The minimum absolute atomic E-state index is 0.0832. The largest absolute Gasteiger partial charge is 0.490 e. The zero-order chi connectivity index (χ0) is 26.6. The molecule has 4 rings (SSSR count). The number of hydrogen-bond donors (Lipinski definition) is 2. The maximum atomic E-state index is 13.1. The summed E-state index contributed by atoms with van der Waals surface area (Å²) in [4.78, 5) is 35.3. The summed E-state index contributed by atoms with van der Waals surface area (Å²) in [6.07, 6.45) is -1.62. The number of alkyl halides is 3. The van der Waals surface area contributed by atoms with Crippen molar-refractivity contribution in [1.29, 1.82) is 0 Å². The summed E-state index contributed by atoms with van der Waals surface area (Å²) in [6, 6.07) is 0.622. The van der Waals surface area contributed by atoms with Gasteiger partial charge in [0.2, 0.25) is 5.91 Å². The lowest BCUT2D eigenvalue weighted by Crippen LogP contribution is -2.55. The smallest absolute Gasteiger partial charge is 0.418 e. The van der Waals surface area contributed by atoms with E-state index in [1.54, 1.807) is 4.90 Å². The van der Waals surface area contributed by atoms with E-state index in [1.807, 2.05) is 11.8 Å². The Balaban J connectivity index is 1.26. The van der Waals surface area contributed by atoms with Gasteiger partial charge >= 0.3 is 6.18 Å². The van der Waals surface area contributed by atoms with Gasteiger partial charge in [-0.05, 0) is 13.0 Å². The lowest BCUT2D eigenvalue weighted by molar-refractivity contribution is -0.138. The van der Waals surface area contributed by atoms with E-state index in [2.05, 4.69) is 25.3 Å². The number of hydrogen-bond acceptors (Lipinski definition) is 8. The van der Waals surface area contributed by atoms with Gasteiger partial charge in [-0.2, -0.15) is 18.3 Å². The molecule has 0 aliphatic carbocycles. The number of H-pyrrole nitrogens is 1. The predicted octanol–water partition coefficient (Wildman–Crippen LogP) is 2.44. The van der Waals surface area contributed by atoms with Crippen LogP contribution in [0.15, 0.2) is 23.3 Å². The number of pyridine rings is 1. The van der Waals surface area contributed by atoms with Crippen LogP contribution in [0.5, 0.6) is 5.75 Å². The number of piperazine rings is 1. The second-order valence-corrected chi connectivity index (χ2v) is 8.81. The Morgan fingerprint density at radius 2 is 2.22 bits per heavy atom. The van der Waals surface area contributed by atoms with Gasteiger partial charge in [0.15, 0.2) is 11.6 Å². The molecule has 2 N–H and O–H groups in total. The van der Waals surface area contributed by atoms with Gasteiger partial charge in [-0.15, -0.1) is 0 Å². The van der Waals surface area contributed by atoms with Gasteiger partial charge in [0.05, 0.1) is 56.3 Å². The third kappa shape index (κ3) is 6.11. The van der Waals surface area contributed by atoms with Gasteiger partial charge in [-0.25, -0.2) is 9.83 Å². The Kier molecular flexibility index (Phi) is 7.82. The normalized spacial score (nSPS) is 18.1. The second-order valence-electron chi connectivity index (χ2n) is 8.81. The number of aromatic nitrogens is 3. The fourth-order valence-electron chi connectivity index (χ4n) is 4.32. The quantitative estimate of drug-likeness (QED) is 0.422. The van der Waals surface area contributed by atoms with Crippen LogP contribution in [0, 0.1) is 6.57 Å². The fraction of sp³-hybridized carbons (Fsp3) is 0.522. The molecule has 37 heavy (non-hydrogen) atoms. The molecule has 14 heteroatoms. The van der Waals surface area contributed by atoms with E-state index >= 15 is 0 Å². The van der Waals surface area contributed by atoms with Crippen LogP contribution in [0.3, 0.4) is 0 Å². The molecule has 0 radical (unpaired) electrons. The molecule has 2 aliphatic rings. The molecule has 2 atom stereocenters. The van der Waals surface area contributed by atoms with E-state index in [-0.39, 0.29) is 55.7 Å². The molecule has 0 bridgehead atoms. The Morgan fingerprint density at radius 1 is 1.41 bits per heavy atom. The van der Waals surface area contributed by atoms with Crippen molar-refractivity contribution >= 4 is 23.1 Å². The van der Waals surface area contributed by atoms with Crippen LogP contribution < -0.4 is 20.5 Å². The minimum atomic E-state index is -4.50. The Labute approximate surface area is 210 Å². The van der Waals surface area contributed by atoms with Gasteiger partial charge in [-0.1, -0.05) is 0 Å². The van der Waals surface area contributed by atoms with Crippen molar-refractivity contribution in [3.8, 4) is 5.75 Å². The van der Waals surface area contributed by atoms with Crippen molar-refractivity contribution in [2.45, 2.75) is 38.0 Å². The van der Waals surface area contributed by atoms with Gasteiger partial charge in [0.25, 0.3) is 11.2 Å². The Bertz CT molecular complexity index is 1230. The van der Waals surface area contributed by atoms with Crippen LogP contribution >= 0.6 is 0 Å². The van der Waals surface area contributed by atoms with Crippen molar-refractivity contribution in [3.63, 3.8) is 0 Å². The number of carbonyl (C=O) groups excluding carboxylic acids is 1. The molecule has 1 saturated heterocycles. The number of halogens is 3. The van der Waals surface area contributed by atoms with Crippen molar-refractivity contribution in [3.05, 3.63) is 45.8 Å². The highest BCUT2D eigenvalue weighted by Crippen LogP contribution is 2.38. The zero-order valence-electron chi connectivity index (χ0n) is 20.0. The maximum absolute atomic E-state index is 13.1. The monoisotopic (exact) mass is 521 g/mol. The van der Waals surface area contributed by atoms with Crippen molar-refractivity contribution < 1.29 is 27.4 Å². The van der Waals surface area contributed by atoms with E-state index in [9.17, 15) is 22.8 Å². The van der Waals surface area contributed by atoms with Gasteiger partial charge in [0, 0.05) is 38.3 Å². The van der Waals surface area contributed by atoms with Crippen molar-refractivity contribution in [2.24, 2.45) is 0 Å². The highest BCUT2D eigenvalue weighted by atomic mass is 19.4. The molecule has 2 aliphatic heterocycles. The number of nitrogens with one attached hydrogen (secondary N) is 2. The number of aromatic amines is 1. The summed E-state index contributed by atoms with van der Waals surface area (Å²) < 4.78 is 50.3. The summed E-state index contributed by atoms with van der Waals surface area (Å²) in [6.45, 7) is 10.9. The SMILES string of the molecule is [C-]#[N+]c1c(N[C@@H](C)COCCC(=O)N2CCN3c4ncc(C(F)(F)F)cc4OCCC3C2)cn[nH]c1=O. The first kappa shape index (κ1) is 26.2. The molecular weight excluding hydrogens is 495 g/mol. The van der Waals surface area contributed by atoms with Crippen LogP contribution in [0.25, 0.3) is 4.85 Å². The number of fused-ring (bicyclic) bond motifs is 3. The fourth-order valence-corrected chi connectivity index (χ4v) is 4.32. The second kappa shape index (κ2) is 11.0. The molecule has 1 amide bonds. The third-order valence-electron chi connectivity index (χ3n) is 6.15. The molecule has 198 valence electrons. The van der Waals surface area contributed by atoms with E-state index < -0.39 is 17.3 Å². The Morgan fingerprint density at radius 3 is 2.97 bits per heavy atom. The molecule has 0 spiro atoms. The van der Waals surface area contributed by atoms with Crippen molar-refractivity contribution in [1.82, 2.24) is 20.1 Å². The lowest BCUT2D eigenvalue weighted by Gasteiger charge is -2.41. The average Bonchev–Trinajstić information content (AvgIpc) is 3.04. The van der Waals surface area contributed by atoms with Crippen molar-refractivity contribution in [2.75, 3.05) is 49.7 Å². The summed E-state index contributed by atoms with van der Waals surface area (Å²) >= 11 is 0. The highest BCUT2D eigenvalue weighted by Gasteiger charge is 2.36. The summed E-state index contributed by atoms with van der Waals surface area (Å²) in [5, 5.41) is 8.90. The summed E-state index contributed by atoms with van der Waals surface area (Å²) in [5.74, 6) is 0.386. The van der Waals surface area contributed by atoms with E-state index in [0.717, 1.165) is 12.3 Å². The zero-order valence-corrected chi connectivity index (χ0v) is 20.0. The number of anilines is 2. The summed E-state index contributed by atoms with van der Waals surface area (Å²) in [5.41, 5.74) is -1.21. The predicted molar refractivity (Wildman–Crippen MR) is 127 cm³/mol. The van der Waals surface area contributed by atoms with Crippen LogP contribution in [-0.2, 0) is 15.7 Å². The molecule has 4 heterocycles. The molecule has 11 nitrogen and oxygen atoms in total. The standard InChI is InChI=1S/C23H26F3N7O4/c1-14(30-17-11-29-31-22(35)20(17)27-2)13-36-7-4-19(34)32-5-6-33-16(12-32)3-8-37-18-9-15(23(24,25)26)10-28-21(18)33/h9-11,14,16H,3-8,12-13H2,1H3,(H2,30,31,35)/t14-,16?/m0/s1. The molecule has 2 aromatic rings. The number of nitrogens with zero attached hydrogens (tertiary/aromatic N) is 5. The maximum Gasteiger partial charge on any atom is 0.418 e. The number of ether oxygens (including phenoxy) is 2. The van der Waals surface area contributed by atoms with Gasteiger partial charge < -0.3 is 24.6 Å². The topological polar surface area (TPSA) is 117 Å². The Hall–Kier alpha value is -3.86.